The lowest BCUT2D eigenvalue weighted by atomic mass is 10.1. The zero-order valence-electron chi connectivity index (χ0n) is 16.9. The van der Waals surface area contributed by atoms with Crippen molar-refractivity contribution in [2.75, 3.05) is 7.11 Å². The van der Waals surface area contributed by atoms with Gasteiger partial charge in [0, 0.05) is 34.8 Å². The van der Waals surface area contributed by atoms with Crippen molar-refractivity contribution in [2.45, 2.75) is 26.4 Å². The van der Waals surface area contributed by atoms with E-state index in [-0.39, 0.29) is 11.8 Å². The number of phenolic OH excluding ortho intramolecular Hbond substituents is 1. The monoisotopic (exact) mass is 387 g/mol. The molecular formula is C24H25N3O2. The molecule has 1 atom stereocenters. The predicted molar refractivity (Wildman–Crippen MR) is 116 cm³/mol. The van der Waals surface area contributed by atoms with Crippen LogP contribution in [-0.4, -0.2) is 22.0 Å². The highest BCUT2D eigenvalue weighted by Gasteiger charge is 2.16. The fourth-order valence-corrected chi connectivity index (χ4v) is 3.69. The Hall–Kier alpha value is -3.31. The topological polar surface area (TPSA) is 59.3 Å². The van der Waals surface area contributed by atoms with Crippen molar-refractivity contribution < 1.29 is 9.84 Å². The van der Waals surface area contributed by atoms with Crippen LogP contribution in [0.5, 0.6) is 11.5 Å². The van der Waals surface area contributed by atoms with Crippen LogP contribution >= 0.6 is 0 Å². The minimum atomic E-state index is 0.0735. The Morgan fingerprint density at radius 2 is 1.90 bits per heavy atom. The van der Waals surface area contributed by atoms with Crippen molar-refractivity contribution in [3.05, 3.63) is 83.7 Å². The molecule has 0 aliphatic heterocycles. The van der Waals surface area contributed by atoms with E-state index in [4.69, 9.17) is 4.74 Å². The van der Waals surface area contributed by atoms with Crippen LogP contribution in [0.3, 0.4) is 0 Å². The summed E-state index contributed by atoms with van der Waals surface area (Å²) in [5.41, 5.74) is 4.09. The molecule has 0 spiro atoms. The molecule has 0 radical (unpaired) electrons. The molecule has 29 heavy (non-hydrogen) atoms. The Kier molecular flexibility index (Phi) is 5.23. The summed E-state index contributed by atoms with van der Waals surface area (Å²) in [7, 11) is 1.62. The van der Waals surface area contributed by atoms with Gasteiger partial charge in [-0.2, -0.15) is 5.10 Å². The standard InChI is InChI=1S/C24H25N3O2/c1-16(25-14-19-13-20(29-3)11-12-24(19)28)22-15-26-27(17(22)2)23-10-6-8-18-7-4-5-9-21(18)23/h4-13,15-16,25,28H,14H2,1-3H3. The number of aromatic hydroxyl groups is 1. The minimum absolute atomic E-state index is 0.0735. The first kappa shape index (κ1) is 19.0. The van der Waals surface area contributed by atoms with E-state index in [0.717, 1.165) is 28.3 Å². The van der Waals surface area contributed by atoms with Crippen LogP contribution in [0.25, 0.3) is 16.5 Å². The number of methoxy groups -OCH3 is 1. The second-order valence-electron chi connectivity index (χ2n) is 7.19. The third-order valence-electron chi connectivity index (χ3n) is 5.39. The normalized spacial score (nSPS) is 12.2. The van der Waals surface area contributed by atoms with Gasteiger partial charge < -0.3 is 15.2 Å². The van der Waals surface area contributed by atoms with Crippen LogP contribution in [0.15, 0.2) is 66.9 Å². The Bertz CT molecular complexity index is 1140. The van der Waals surface area contributed by atoms with Gasteiger partial charge in [-0.3, -0.25) is 0 Å². The van der Waals surface area contributed by atoms with E-state index in [2.05, 4.69) is 60.7 Å². The van der Waals surface area contributed by atoms with E-state index < -0.39 is 0 Å². The summed E-state index contributed by atoms with van der Waals surface area (Å²) in [4.78, 5) is 0. The zero-order chi connectivity index (χ0) is 20.4. The Labute approximate surface area is 170 Å². The highest BCUT2D eigenvalue weighted by molar-refractivity contribution is 5.90. The molecule has 0 amide bonds. The molecule has 0 saturated carbocycles. The third-order valence-corrected chi connectivity index (χ3v) is 5.39. The molecule has 0 aliphatic carbocycles. The van der Waals surface area contributed by atoms with E-state index in [1.54, 1.807) is 19.2 Å². The summed E-state index contributed by atoms with van der Waals surface area (Å²) in [6.07, 6.45) is 1.92. The van der Waals surface area contributed by atoms with Gasteiger partial charge in [-0.25, -0.2) is 4.68 Å². The van der Waals surface area contributed by atoms with Gasteiger partial charge in [-0.15, -0.1) is 0 Å². The van der Waals surface area contributed by atoms with Crippen molar-refractivity contribution in [1.29, 1.82) is 0 Å². The van der Waals surface area contributed by atoms with Crippen molar-refractivity contribution in [2.24, 2.45) is 0 Å². The van der Waals surface area contributed by atoms with Crippen LogP contribution < -0.4 is 10.1 Å². The molecule has 0 saturated heterocycles. The molecule has 0 aliphatic rings. The maximum atomic E-state index is 10.1. The number of fused-ring (bicyclic) bond motifs is 1. The molecule has 0 bridgehead atoms. The van der Waals surface area contributed by atoms with E-state index in [1.165, 1.54) is 10.8 Å². The van der Waals surface area contributed by atoms with Crippen LogP contribution in [-0.2, 0) is 6.54 Å². The maximum absolute atomic E-state index is 10.1. The average Bonchev–Trinajstić information content (AvgIpc) is 3.13. The van der Waals surface area contributed by atoms with E-state index in [1.807, 2.05) is 23.0 Å². The number of rotatable bonds is 6. The van der Waals surface area contributed by atoms with Crippen LogP contribution in [0, 0.1) is 6.92 Å². The van der Waals surface area contributed by atoms with Gasteiger partial charge in [-0.1, -0.05) is 36.4 Å². The first-order chi connectivity index (χ1) is 14.1. The number of nitrogens with zero attached hydrogens (tertiary/aromatic N) is 2. The summed E-state index contributed by atoms with van der Waals surface area (Å²) in [5, 5.41) is 20.6. The molecule has 1 heterocycles. The number of benzene rings is 3. The number of ether oxygens (including phenoxy) is 1. The smallest absolute Gasteiger partial charge is 0.120 e. The minimum Gasteiger partial charge on any atom is -0.508 e. The van der Waals surface area contributed by atoms with Crippen LogP contribution in [0.1, 0.15) is 29.8 Å². The molecule has 0 fully saturated rings. The van der Waals surface area contributed by atoms with Crippen molar-refractivity contribution in [3.8, 4) is 17.2 Å². The molecule has 5 nitrogen and oxygen atoms in total. The van der Waals surface area contributed by atoms with Gasteiger partial charge >= 0.3 is 0 Å². The highest BCUT2D eigenvalue weighted by atomic mass is 16.5. The van der Waals surface area contributed by atoms with Crippen LogP contribution in [0.2, 0.25) is 0 Å². The number of hydrogen-bond acceptors (Lipinski definition) is 4. The van der Waals surface area contributed by atoms with Gasteiger partial charge in [0.1, 0.15) is 11.5 Å². The molecule has 4 rings (SSSR count). The van der Waals surface area contributed by atoms with Crippen molar-refractivity contribution in [3.63, 3.8) is 0 Å². The summed E-state index contributed by atoms with van der Waals surface area (Å²) in [6, 6.07) is 19.9. The lowest BCUT2D eigenvalue weighted by molar-refractivity contribution is 0.409. The quantitative estimate of drug-likeness (QED) is 0.494. The second kappa shape index (κ2) is 7.97. The molecule has 1 aromatic heterocycles. The van der Waals surface area contributed by atoms with Gasteiger partial charge in [0.2, 0.25) is 0 Å². The van der Waals surface area contributed by atoms with E-state index >= 15 is 0 Å². The average molecular weight is 387 g/mol. The first-order valence-electron chi connectivity index (χ1n) is 9.70. The number of nitrogens with one attached hydrogen (secondary N) is 1. The summed E-state index contributed by atoms with van der Waals surface area (Å²) in [5.74, 6) is 0.987. The zero-order valence-corrected chi connectivity index (χ0v) is 16.9. The third kappa shape index (κ3) is 3.69. The Morgan fingerprint density at radius 1 is 1.10 bits per heavy atom. The van der Waals surface area contributed by atoms with E-state index in [0.29, 0.717) is 6.54 Å². The number of aromatic nitrogens is 2. The van der Waals surface area contributed by atoms with Crippen molar-refractivity contribution in [1.82, 2.24) is 15.1 Å². The van der Waals surface area contributed by atoms with Gasteiger partial charge in [0.05, 0.1) is 19.0 Å². The summed E-state index contributed by atoms with van der Waals surface area (Å²) >= 11 is 0. The van der Waals surface area contributed by atoms with Crippen LogP contribution in [0.4, 0.5) is 0 Å². The molecule has 4 aromatic rings. The molecule has 2 N–H and O–H groups in total. The number of hydrogen-bond donors (Lipinski definition) is 2. The summed E-state index contributed by atoms with van der Waals surface area (Å²) in [6.45, 7) is 4.73. The van der Waals surface area contributed by atoms with Crippen molar-refractivity contribution >= 4 is 10.8 Å². The fraction of sp³-hybridized carbons (Fsp3) is 0.208. The Balaban J connectivity index is 1.58. The van der Waals surface area contributed by atoms with Gasteiger partial charge in [0.25, 0.3) is 0 Å². The highest BCUT2D eigenvalue weighted by Crippen LogP contribution is 2.27. The van der Waals surface area contributed by atoms with Gasteiger partial charge in [0.15, 0.2) is 0 Å². The number of phenols is 1. The largest absolute Gasteiger partial charge is 0.508 e. The van der Waals surface area contributed by atoms with E-state index in [9.17, 15) is 5.11 Å². The maximum Gasteiger partial charge on any atom is 0.120 e. The predicted octanol–water partition coefficient (Wildman–Crippen LogP) is 4.90. The lowest BCUT2D eigenvalue weighted by Gasteiger charge is -2.16. The molecular weight excluding hydrogens is 362 g/mol. The molecule has 3 aromatic carbocycles. The Morgan fingerprint density at radius 3 is 2.72 bits per heavy atom. The molecule has 148 valence electrons. The molecule has 1 unspecified atom stereocenters. The SMILES string of the molecule is COc1ccc(O)c(CNC(C)c2cnn(-c3cccc4ccccc34)c2C)c1. The fourth-order valence-electron chi connectivity index (χ4n) is 3.69. The second-order valence-corrected chi connectivity index (χ2v) is 7.19. The first-order valence-corrected chi connectivity index (χ1v) is 9.70. The summed E-state index contributed by atoms with van der Waals surface area (Å²) < 4.78 is 7.25. The van der Waals surface area contributed by atoms with Gasteiger partial charge in [-0.05, 0) is 43.5 Å². The molecule has 5 heteroatoms. The lowest BCUT2D eigenvalue weighted by Crippen LogP contribution is -2.18.